The molecule has 0 aliphatic carbocycles. The summed E-state index contributed by atoms with van der Waals surface area (Å²) in [5.41, 5.74) is 1.10. The van der Waals surface area contributed by atoms with E-state index in [0.29, 0.717) is 17.7 Å². The number of imide groups is 1. The van der Waals surface area contributed by atoms with Gasteiger partial charge < -0.3 is 0 Å². The number of carbonyl (C=O) groups excluding carboxylic acids is 2. The van der Waals surface area contributed by atoms with Crippen LogP contribution in [0.2, 0.25) is 0 Å². The Morgan fingerprint density at radius 3 is 2.21 bits per heavy atom. The molecule has 1 aromatic carbocycles. The Morgan fingerprint density at radius 1 is 1.00 bits per heavy atom. The number of thioether (sulfide) groups is 1. The highest BCUT2D eigenvalue weighted by Gasteiger charge is 2.34. The van der Waals surface area contributed by atoms with Gasteiger partial charge in [-0.25, -0.2) is 0 Å². The molecule has 19 heavy (non-hydrogen) atoms. The molecule has 0 saturated carbocycles. The monoisotopic (exact) mass is 277 g/mol. The topological polar surface area (TPSA) is 37.4 Å². The molecule has 0 spiro atoms. The molecule has 102 valence electrons. The minimum atomic E-state index is -0.137. The first-order valence-electron chi connectivity index (χ1n) is 6.78. The zero-order valence-electron chi connectivity index (χ0n) is 11.2. The Kier molecular flexibility index (Phi) is 5.02. The minimum absolute atomic E-state index is 0.137. The predicted octanol–water partition coefficient (Wildman–Crippen LogP) is 3.21. The Labute approximate surface area is 118 Å². The fourth-order valence-electron chi connectivity index (χ4n) is 2.16. The summed E-state index contributed by atoms with van der Waals surface area (Å²) in [6, 6.07) is 7.06. The van der Waals surface area contributed by atoms with E-state index in [1.54, 1.807) is 24.3 Å². The second kappa shape index (κ2) is 6.75. The second-order valence-corrected chi connectivity index (χ2v) is 5.85. The predicted molar refractivity (Wildman–Crippen MR) is 78.7 cm³/mol. The molecular formula is C15H19NO2S. The Morgan fingerprint density at radius 2 is 1.63 bits per heavy atom. The van der Waals surface area contributed by atoms with E-state index in [-0.39, 0.29) is 11.8 Å². The average Bonchev–Trinajstić information content (AvgIpc) is 2.68. The highest BCUT2D eigenvalue weighted by Crippen LogP contribution is 2.22. The summed E-state index contributed by atoms with van der Waals surface area (Å²) in [6.07, 6.45) is 3.14. The molecule has 0 N–H and O–H groups in total. The summed E-state index contributed by atoms with van der Waals surface area (Å²) in [7, 11) is 0. The SMILES string of the molecule is CCCSCCCCN1C(=O)c2ccccc2C1=O. The molecule has 1 heterocycles. The molecule has 0 atom stereocenters. The number of hydrogen-bond acceptors (Lipinski definition) is 3. The van der Waals surface area contributed by atoms with Gasteiger partial charge in [0.05, 0.1) is 11.1 Å². The van der Waals surface area contributed by atoms with Crippen LogP contribution in [0.5, 0.6) is 0 Å². The number of unbranched alkanes of at least 4 members (excludes halogenated alkanes) is 1. The molecule has 0 unspecified atom stereocenters. The van der Waals surface area contributed by atoms with Crippen molar-refractivity contribution in [1.29, 1.82) is 0 Å². The second-order valence-electron chi connectivity index (χ2n) is 4.63. The van der Waals surface area contributed by atoms with Gasteiger partial charge in [0, 0.05) is 6.54 Å². The van der Waals surface area contributed by atoms with Gasteiger partial charge in [0.25, 0.3) is 11.8 Å². The molecule has 0 aromatic heterocycles. The van der Waals surface area contributed by atoms with Crippen LogP contribution in [0.3, 0.4) is 0 Å². The molecule has 0 bridgehead atoms. The number of benzene rings is 1. The third-order valence-electron chi connectivity index (χ3n) is 3.15. The largest absolute Gasteiger partial charge is 0.274 e. The highest BCUT2D eigenvalue weighted by atomic mass is 32.2. The molecule has 3 nitrogen and oxygen atoms in total. The molecule has 0 saturated heterocycles. The zero-order chi connectivity index (χ0) is 13.7. The standard InChI is InChI=1S/C15H19NO2S/c1-2-10-19-11-6-5-9-16-14(17)12-7-3-4-8-13(12)15(16)18/h3-4,7-8H,2,5-6,9-11H2,1H3. The van der Waals surface area contributed by atoms with Gasteiger partial charge >= 0.3 is 0 Å². The first kappa shape index (κ1) is 14.1. The van der Waals surface area contributed by atoms with Gasteiger partial charge in [-0.1, -0.05) is 19.1 Å². The molecule has 2 amide bonds. The van der Waals surface area contributed by atoms with Crippen molar-refractivity contribution in [3.63, 3.8) is 0 Å². The first-order valence-corrected chi connectivity index (χ1v) is 7.94. The summed E-state index contributed by atoms with van der Waals surface area (Å²) < 4.78 is 0. The fourth-order valence-corrected chi connectivity index (χ4v) is 3.06. The summed E-state index contributed by atoms with van der Waals surface area (Å²) in [4.78, 5) is 25.5. The lowest BCUT2D eigenvalue weighted by atomic mass is 10.1. The van der Waals surface area contributed by atoms with Gasteiger partial charge in [0.1, 0.15) is 0 Å². The van der Waals surface area contributed by atoms with Crippen LogP contribution in [-0.4, -0.2) is 34.8 Å². The Bertz CT molecular complexity index is 438. The third kappa shape index (κ3) is 3.18. The number of nitrogens with zero attached hydrogens (tertiary/aromatic N) is 1. The maximum Gasteiger partial charge on any atom is 0.261 e. The van der Waals surface area contributed by atoms with Crippen molar-refractivity contribution in [3.8, 4) is 0 Å². The van der Waals surface area contributed by atoms with E-state index in [4.69, 9.17) is 0 Å². The molecular weight excluding hydrogens is 258 g/mol. The number of amides is 2. The average molecular weight is 277 g/mol. The summed E-state index contributed by atoms with van der Waals surface area (Å²) in [6.45, 7) is 2.71. The van der Waals surface area contributed by atoms with Crippen LogP contribution in [0.25, 0.3) is 0 Å². The number of hydrogen-bond donors (Lipinski definition) is 0. The normalized spacial score (nSPS) is 14.1. The molecule has 0 fully saturated rings. The molecule has 1 aliphatic rings. The van der Waals surface area contributed by atoms with E-state index in [9.17, 15) is 9.59 Å². The van der Waals surface area contributed by atoms with Gasteiger partial charge in [-0.05, 0) is 42.9 Å². The molecule has 2 rings (SSSR count). The van der Waals surface area contributed by atoms with E-state index in [1.807, 2.05) is 11.8 Å². The van der Waals surface area contributed by atoms with Crippen molar-refractivity contribution < 1.29 is 9.59 Å². The van der Waals surface area contributed by atoms with Crippen LogP contribution in [-0.2, 0) is 0 Å². The van der Waals surface area contributed by atoms with Gasteiger partial charge in [-0.3, -0.25) is 14.5 Å². The number of fused-ring (bicyclic) bond motifs is 1. The van der Waals surface area contributed by atoms with E-state index in [2.05, 4.69) is 6.92 Å². The Hall–Kier alpha value is -1.29. The van der Waals surface area contributed by atoms with Crippen LogP contribution >= 0.6 is 11.8 Å². The van der Waals surface area contributed by atoms with E-state index >= 15 is 0 Å². The summed E-state index contributed by atoms with van der Waals surface area (Å²) in [5.74, 6) is 2.02. The minimum Gasteiger partial charge on any atom is -0.274 e. The van der Waals surface area contributed by atoms with Gasteiger partial charge in [0.15, 0.2) is 0 Å². The van der Waals surface area contributed by atoms with Crippen LogP contribution in [0, 0.1) is 0 Å². The highest BCUT2D eigenvalue weighted by molar-refractivity contribution is 7.99. The fraction of sp³-hybridized carbons (Fsp3) is 0.467. The number of rotatable bonds is 7. The van der Waals surface area contributed by atoms with Gasteiger partial charge in [-0.15, -0.1) is 0 Å². The van der Waals surface area contributed by atoms with Crippen LogP contribution in [0.15, 0.2) is 24.3 Å². The maximum atomic E-state index is 12.1. The molecule has 1 aromatic rings. The lowest BCUT2D eigenvalue weighted by Crippen LogP contribution is -2.30. The van der Waals surface area contributed by atoms with Crippen molar-refractivity contribution >= 4 is 23.6 Å². The zero-order valence-corrected chi connectivity index (χ0v) is 12.0. The molecule has 0 radical (unpaired) electrons. The van der Waals surface area contributed by atoms with Crippen molar-refractivity contribution in [1.82, 2.24) is 4.90 Å². The summed E-state index contributed by atoms with van der Waals surface area (Å²) in [5, 5.41) is 0. The lowest BCUT2D eigenvalue weighted by Gasteiger charge is -2.13. The van der Waals surface area contributed by atoms with Crippen LogP contribution in [0.4, 0.5) is 0 Å². The van der Waals surface area contributed by atoms with Crippen molar-refractivity contribution in [2.24, 2.45) is 0 Å². The van der Waals surface area contributed by atoms with Crippen molar-refractivity contribution in [2.45, 2.75) is 26.2 Å². The smallest absolute Gasteiger partial charge is 0.261 e. The van der Waals surface area contributed by atoms with Crippen molar-refractivity contribution in [3.05, 3.63) is 35.4 Å². The molecule has 4 heteroatoms. The lowest BCUT2D eigenvalue weighted by molar-refractivity contribution is 0.0652. The first-order chi connectivity index (χ1) is 9.25. The van der Waals surface area contributed by atoms with Gasteiger partial charge in [-0.2, -0.15) is 11.8 Å². The quantitative estimate of drug-likeness (QED) is 0.567. The summed E-state index contributed by atoms with van der Waals surface area (Å²) >= 11 is 1.94. The van der Waals surface area contributed by atoms with E-state index in [1.165, 1.54) is 17.1 Å². The van der Waals surface area contributed by atoms with E-state index < -0.39 is 0 Å². The van der Waals surface area contributed by atoms with E-state index in [0.717, 1.165) is 18.6 Å². The Balaban J connectivity index is 1.83. The number of carbonyl (C=O) groups is 2. The van der Waals surface area contributed by atoms with Gasteiger partial charge in [0.2, 0.25) is 0 Å². The van der Waals surface area contributed by atoms with Crippen LogP contribution < -0.4 is 0 Å². The third-order valence-corrected chi connectivity index (χ3v) is 4.42. The van der Waals surface area contributed by atoms with Crippen molar-refractivity contribution in [2.75, 3.05) is 18.1 Å². The molecule has 1 aliphatic heterocycles. The van der Waals surface area contributed by atoms with Crippen LogP contribution in [0.1, 0.15) is 46.9 Å². The maximum absolute atomic E-state index is 12.1.